The fourth-order valence-electron chi connectivity index (χ4n) is 1.47. The zero-order valence-electron chi connectivity index (χ0n) is 11.3. The maximum Gasteiger partial charge on any atom is 0.251 e. The largest absolute Gasteiger partial charge is 0.352 e. The molecule has 1 amide bonds. The summed E-state index contributed by atoms with van der Waals surface area (Å²) in [6, 6.07) is 5.52. The number of primary sulfonamides is 1. The summed E-state index contributed by atoms with van der Waals surface area (Å²) in [5.74, 6) is -0.385. The van der Waals surface area contributed by atoms with Crippen LogP contribution in [0.15, 0.2) is 29.2 Å². The van der Waals surface area contributed by atoms with Crippen LogP contribution in [0.25, 0.3) is 0 Å². The minimum absolute atomic E-state index is 0.00828. The zero-order valence-corrected chi connectivity index (χ0v) is 13.0. The van der Waals surface area contributed by atoms with E-state index in [0.717, 1.165) is 0 Å². The van der Waals surface area contributed by atoms with Crippen molar-refractivity contribution in [2.45, 2.75) is 23.5 Å². The molecule has 1 rings (SSSR count). The van der Waals surface area contributed by atoms with E-state index in [-0.39, 0.29) is 21.6 Å². The van der Waals surface area contributed by atoms with E-state index in [2.05, 4.69) is 5.32 Å². The number of benzene rings is 1. The van der Waals surface area contributed by atoms with Crippen molar-refractivity contribution >= 4 is 26.7 Å². The van der Waals surface area contributed by atoms with Gasteiger partial charge in [-0.2, -0.15) is 0 Å². The Labute approximate surface area is 121 Å². The fourth-order valence-corrected chi connectivity index (χ4v) is 2.48. The molecule has 8 heteroatoms. The molecule has 1 aromatic carbocycles. The Bertz CT molecular complexity index is 614. The van der Waals surface area contributed by atoms with Crippen LogP contribution in [0.1, 0.15) is 23.7 Å². The van der Waals surface area contributed by atoms with Crippen LogP contribution in [0.3, 0.4) is 0 Å². The summed E-state index contributed by atoms with van der Waals surface area (Å²) in [5.41, 5.74) is 0.224. The summed E-state index contributed by atoms with van der Waals surface area (Å²) < 4.78 is 33.6. The lowest BCUT2D eigenvalue weighted by Gasteiger charge is -2.09. The molecule has 3 N–H and O–H groups in total. The average molecular weight is 318 g/mol. The smallest absolute Gasteiger partial charge is 0.251 e. The normalized spacial score (nSPS) is 14.6. The molecule has 1 aromatic rings. The number of nitrogens with two attached hydrogens (primary N) is 1. The molecule has 0 aliphatic heterocycles. The highest BCUT2D eigenvalue weighted by atomic mass is 32.2. The molecule has 0 aliphatic carbocycles. The zero-order chi connectivity index (χ0) is 15.3. The van der Waals surface area contributed by atoms with Crippen molar-refractivity contribution in [2.75, 3.05) is 12.8 Å². The number of hydrogen-bond acceptors (Lipinski definition) is 4. The van der Waals surface area contributed by atoms with Crippen molar-refractivity contribution in [3.8, 4) is 0 Å². The van der Waals surface area contributed by atoms with Crippen molar-refractivity contribution in [2.24, 2.45) is 5.14 Å². The Hall–Kier alpha value is -1.25. The van der Waals surface area contributed by atoms with Crippen molar-refractivity contribution in [3.05, 3.63) is 29.8 Å². The molecule has 2 unspecified atom stereocenters. The first kappa shape index (κ1) is 16.8. The fraction of sp³-hybridized carbons (Fsp3) is 0.417. The Morgan fingerprint density at radius 3 is 2.65 bits per heavy atom. The van der Waals surface area contributed by atoms with Crippen LogP contribution in [0, 0.1) is 0 Å². The third kappa shape index (κ3) is 5.03. The molecule has 0 spiro atoms. The molecule has 2 atom stereocenters. The van der Waals surface area contributed by atoms with Crippen LogP contribution in [-0.2, 0) is 20.8 Å². The SMILES string of the molecule is CC(CCNC(=O)c1cccc(S(N)(=O)=O)c1)S(C)=O. The van der Waals surface area contributed by atoms with Crippen LogP contribution in [0.4, 0.5) is 0 Å². The van der Waals surface area contributed by atoms with Crippen molar-refractivity contribution in [3.63, 3.8) is 0 Å². The molecule has 0 aromatic heterocycles. The predicted molar refractivity (Wildman–Crippen MR) is 78.3 cm³/mol. The minimum atomic E-state index is -3.82. The van der Waals surface area contributed by atoms with Gasteiger partial charge in [-0.3, -0.25) is 9.00 Å². The summed E-state index contributed by atoms with van der Waals surface area (Å²) in [5, 5.41) is 7.65. The highest BCUT2D eigenvalue weighted by Crippen LogP contribution is 2.09. The molecule has 0 radical (unpaired) electrons. The van der Waals surface area contributed by atoms with E-state index in [1.54, 1.807) is 6.26 Å². The van der Waals surface area contributed by atoms with Gasteiger partial charge < -0.3 is 5.32 Å². The summed E-state index contributed by atoms with van der Waals surface area (Å²) in [7, 11) is -4.76. The van der Waals surface area contributed by atoms with Gasteiger partial charge in [-0.1, -0.05) is 13.0 Å². The van der Waals surface area contributed by atoms with Gasteiger partial charge in [-0.05, 0) is 24.6 Å². The number of carbonyl (C=O) groups excluding carboxylic acids is 1. The standard InChI is InChI=1S/C12H18N2O4S2/c1-9(19(2)16)6-7-14-12(15)10-4-3-5-11(8-10)20(13,17)18/h3-5,8-9H,6-7H2,1-2H3,(H,14,15)(H2,13,17,18). The summed E-state index contributed by atoms with van der Waals surface area (Å²) in [4.78, 5) is 11.7. The van der Waals surface area contributed by atoms with Crippen molar-refractivity contribution < 1.29 is 17.4 Å². The molecule has 6 nitrogen and oxygen atoms in total. The highest BCUT2D eigenvalue weighted by molar-refractivity contribution is 7.89. The molecule has 0 saturated heterocycles. The number of carbonyl (C=O) groups is 1. The maximum absolute atomic E-state index is 11.9. The van der Waals surface area contributed by atoms with E-state index < -0.39 is 20.8 Å². The molecular weight excluding hydrogens is 300 g/mol. The van der Waals surface area contributed by atoms with Gasteiger partial charge >= 0.3 is 0 Å². The first-order chi connectivity index (χ1) is 9.21. The lowest BCUT2D eigenvalue weighted by molar-refractivity contribution is 0.0953. The predicted octanol–water partition coefficient (Wildman–Crippen LogP) is 0.221. The minimum Gasteiger partial charge on any atom is -0.352 e. The number of hydrogen-bond donors (Lipinski definition) is 2. The second-order valence-corrected chi connectivity index (χ2v) is 7.79. The number of sulfonamides is 1. The number of nitrogens with one attached hydrogen (secondary N) is 1. The topological polar surface area (TPSA) is 106 Å². The van der Waals surface area contributed by atoms with Gasteiger partial charge in [-0.15, -0.1) is 0 Å². The van der Waals surface area contributed by atoms with Crippen molar-refractivity contribution in [1.29, 1.82) is 0 Å². The Morgan fingerprint density at radius 1 is 1.45 bits per heavy atom. The van der Waals surface area contributed by atoms with Crippen molar-refractivity contribution in [1.82, 2.24) is 5.32 Å². The second-order valence-electron chi connectivity index (χ2n) is 4.43. The summed E-state index contributed by atoms with van der Waals surface area (Å²) in [6.45, 7) is 2.21. The van der Waals surface area contributed by atoms with E-state index in [1.165, 1.54) is 24.3 Å². The van der Waals surface area contributed by atoms with Crippen LogP contribution in [0.5, 0.6) is 0 Å². The summed E-state index contributed by atoms with van der Waals surface area (Å²) >= 11 is 0. The second kappa shape index (κ2) is 6.96. The lowest BCUT2D eigenvalue weighted by Crippen LogP contribution is -2.27. The number of amides is 1. The van der Waals surface area contributed by atoms with Crippen LogP contribution >= 0.6 is 0 Å². The Balaban J connectivity index is 2.67. The van der Waals surface area contributed by atoms with E-state index >= 15 is 0 Å². The van der Waals surface area contributed by atoms with Gasteiger partial charge in [0.15, 0.2) is 0 Å². The van der Waals surface area contributed by atoms with Crippen LogP contribution in [-0.4, -0.2) is 36.6 Å². The first-order valence-electron chi connectivity index (χ1n) is 5.95. The number of rotatable bonds is 6. The van der Waals surface area contributed by atoms with Gasteiger partial charge in [-0.25, -0.2) is 13.6 Å². The van der Waals surface area contributed by atoms with Gasteiger partial charge in [0.25, 0.3) is 5.91 Å². The third-order valence-corrected chi connectivity index (χ3v) is 5.11. The van der Waals surface area contributed by atoms with Gasteiger partial charge in [0.05, 0.1) is 4.90 Å². The molecular formula is C12H18N2O4S2. The molecule has 0 fully saturated rings. The summed E-state index contributed by atoms with van der Waals surface area (Å²) in [6.07, 6.45) is 2.20. The van der Waals surface area contributed by atoms with Gasteiger partial charge in [0, 0.05) is 34.4 Å². The van der Waals surface area contributed by atoms with Crippen LogP contribution < -0.4 is 10.5 Å². The molecule has 0 bridgehead atoms. The molecule has 0 saturated carbocycles. The Morgan fingerprint density at radius 2 is 2.10 bits per heavy atom. The average Bonchev–Trinajstić information content (AvgIpc) is 2.37. The van der Waals surface area contributed by atoms with E-state index in [1.807, 2.05) is 6.92 Å². The van der Waals surface area contributed by atoms with Gasteiger partial charge in [0.2, 0.25) is 10.0 Å². The quantitative estimate of drug-likeness (QED) is 0.782. The third-order valence-electron chi connectivity index (χ3n) is 2.83. The highest BCUT2D eigenvalue weighted by Gasteiger charge is 2.12. The monoisotopic (exact) mass is 318 g/mol. The molecule has 112 valence electrons. The van der Waals surface area contributed by atoms with E-state index in [4.69, 9.17) is 5.14 Å². The first-order valence-corrected chi connectivity index (χ1v) is 9.12. The van der Waals surface area contributed by atoms with E-state index in [0.29, 0.717) is 13.0 Å². The maximum atomic E-state index is 11.9. The molecule has 20 heavy (non-hydrogen) atoms. The molecule has 0 heterocycles. The van der Waals surface area contributed by atoms with E-state index in [9.17, 15) is 17.4 Å². The molecule has 0 aliphatic rings. The Kier molecular flexibility index (Phi) is 5.85. The lowest BCUT2D eigenvalue weighted by atomic mass is 10.2. The van der Waals surface area contributed by atoms with Gasteiger partial charge in [0.1, 0.15) is 0 Å². The van der Waals surface area contributed by atoms with Crippen LogP contribution in [0.2, 0.25) is 0 Å².